The van der Waals surface area contributed by atoms with E-state index < -0.39 is 0 Å². The van der Waals surface area contributed by atoms with Crippen LogP contribution in [0.4, 0.5) is 0 Å². The number of allylic oxidation sites excluding steroid dienone is 3. The van der Waals surface area contributed by atoms with Gasteiger partial charge in [-0.2, -0.15) is 0 Å². The first-order valence-electron chi connectivity index (χ1n) is 11.0. The number of fused-ring (bicyclic) bond motifs is 5. The van der Waals surface area contributed by atoms with E-state index in [1.165, 1.54) is 5.57 Å². The third kappa shape index (κ3) is 2.81. The Balaban J connectivity index is 1.54. The molecule has 6 atom stereocenters. The van der Waals surface area contributed by atoms with Crippen molar-refractivity contribution in [3.63, 3.8) is 0 Å². The van der Waals surface area contributed by atoms with Gasteiger partial charge in [0.15, 0.2) is 5.78 Å². The molecular formula is C26H29NO2. The molecule has 29 heavy (non-hydrogen) atoms. The number of carbonyl (C=O) groups is 2. The second kappa shape index (κ2) is 6.62. The Morgan fingerprint density at radius 1 is 1.07 bits per heavy atom. The van der Waals surface area contributed by atoms with E-state index in [-0.39, 0.29) is 22.7 Å². The van der Waals surface area contributed by atoms with Crippen LogP contribution in [0.2, 0.25) is 0 Å². The van der Waals surface area contributed by atoms with E-state index in [1.807, 2.05) is 30.5 Å². The zero-order chi connectivity index (χ0) is 20.2. The number of aliphatic imine (C=N–C) groups is 1. The van der Waals surface area contributed by atoms with E-state index in [0.29, 0.717) is 23.5 Å². The lowest BCUT2D eigenvalue weighted by Gasteiger charge is -2.57. The van der Waals surface area contributed by atoms with Crippen molar-refractivity contribution >= 4 is 17.8 Å². The molecular weight excluding hydrogens is 358 g/mol. The molecule has 3 saturated carbocycles. The van der Waals surface area contributed by atoms with E-state index in [0.717, 1.165) is 37.7 Å². The molecule has 0 amide bonds. The van der Waals surface area contributed by atoms with Gasteiger partial charge in [-0.3, -0.25) is 14.6 Å². The first kappa shape index (κ1) is 18.7. The highest BCUT2D eigenvalue weighted by Gasteiger charge is 2.60. The van der Waals surface area contributed by atoms with Crippen LogP contribution in [0.25, 0.3) is 0 Å². The van der Waals surface area contributed by atoms with Crippen LogP contribution in [0.1, 0.15) is 51.5 Å². The Morgan fingerprint density at radius 3 is 2.66 bits per heavy atom. The van der Waals surface area contributed by atoms with Gasteiger partial charge >= 0.3 is 0 Å². The second-order valence-electron chi connectivity index (χ2n) is 9.85. The average molecular weight is 388 g/mol. The summed E-state index contributed by atoms with van der Waals surface area (Å²) in [5, 5.41) is 0. The maximum absolute atomic E-state index is 12.7. The molecule has 5 rings (SSSR count). The Labute approximate surface area is 173 Å². The van der Waals surface area contributed by atoms with Gasteiger partial charge in [-0.05, 0) is 66.7 Å². The minimum atomic E-state index is -0.152. The van der Waals surface area contributed by atoms with Gasteiger partial charge in [0, 0.05) is 23.5 Å². The molecule has 3 nitrogen and oxygen atoms in total. The molecule has 1 aromatic carbocycles. The molecule has 0 radical (unpaired) electrons. The number of hydrogen-bond acceptors (Lipinski definition) is 3. The van der Waals surface area contributed by atoms with E-state index >= 15 is 0 Å². The predicted octanol–water partition coefficient (Wildman–Crippen LogP) is 4.96. The van der Waals surface area contributed by atoms with Gasteiger partial charge in [0.05, 0.1) is 6.04 Å². The fourth-order valence-corrected chi connectivity index (χ4v) is 6.87. The molecule has 0 saturated heterocycles. The van der Waals surface area contributed by atoms with Gasteiger partial charge in [-0.15, -0.1) is 0 Å². The van der Waals surface area contributed by atoms with Crippen molar-refractivity contribution in [1.82, 2.24) is 0 Å². The summed E-state index contributed by atoms with van der Waals surface area (Å²) in [6.07, 6.45) is 12.4. The summed E-state index contributed by atoms with van der Waals surface area (Å²) in [5.74, 6) is 1.97. The number of rotatable bonds is 2. The zero-order valence-electron chi connectivity index (χ0n) is 17.3. The van der Waals surface area contributed by atoms with Crippen LogP contribution in [0.15, 0.2) is 59.1 Å². The number of ketones is 2. The highest BCUT2D eigenvalue weighted by atomic mass is 16.1. The summed E-state index contributed by atoms with van der Waals surface area (Å²) in [6, 6.07) is 10.2. The molecule has 4 aliphatic carbocycles. The molecule has 0 aromatic heterocycles. The van der Waals surface area contributed by atoms with Crippen LogP contribution < -0.4 is 0 Å². The Morgan fingerprint density at radius 2 is 1.86 bits per heavy atom. The molecule has 150 valence electrons. The predicted molar refractivity (Wildman–Crippen MR) is 115 cm³/mol. The van der Waals surface area contributed by atoms with E-state index in [4.69, 9.17) is 4.99 Å². The van der Waals surface area contributed by atoms with Gasteiger partial charge in [0.1, 0.15) is 5.78 Å². The molecule has 3 heteroatoms. The molecule has 4 aliphatic rings. The summed E-state index contributed by atoms with van der Waals surface area (Å²) in [7, 11) is 0. The molecule has 1 aromatic rings. The molecule has 3 fully saturated rings. The van der Waals surface area contributed by atoms with Crippen molar-refractivity contribution in [1.29, 1.82) is 0 Å². The highest BCUT2D eigenvalue weighted by molar-refractivity contribution is 6.01. The lowest BCUT2D eigenvalue weighted by atomic mass is 9.47. The Bertz CT molecular complexity index is 943. The van der Waals surface area contributed by atoms with Gasteiger partial charge < -0.3 is 0 Å². The van der Waals surface area contributed by atoms with Crippen molar-refractivity contribution in [2.45, 2.75) is 52.0 Å². The summed E-state index contributed by atoms with van der Waals surface area (Å²) in [6.45, 7) is 4.50. The normalized spacial score (nSPS) is 41.1. The molecule has 0 N–H and O–H groups in total. The molecule has 0 spiro atoms. The Kier molecular flexibility index (Phi) is 4.27. The molecule has 1 unspecified atom stereocenters. The summed E-state index contributed by atoms with van der Waals surface area (Å²) >= 11 is 0. The maximum Gasteiger partial charge on any atom is 0.178 e. The fraction of sp³-hybridized carbons (Fsp3) is 0.500. The standard InChI is InChI=1S/C26H29NO2/c1-25-12-10-18(28)14-22(25)23(27-16-17-6-4-3-5-7-17)15-19-20-8-9-24(29)26(20,2)13-11-21(19)25/h3-7,10,12,14,16,19-21,23H,8-9,11,13,15H2,1-2H3/t19-,20-,21-,23?,25+,26-/m0/s1. The fourth-order valence-electron chi connectivity index (χ4n) is 6.87. The number of carbonyl (C=O) groups excluding carboxylic acids is 2. The highest BCUT2D eigenvalue weighted by Crippen LogP contribution is 2.63. The summed E-state index contributed by atoms with van der Waals surface area (Å²) < 4.78 is 0. The number of hydrogen-bond donors (Lipinski definition) is 0. The third-order valence-corrected chi connectivity index (χ3v) is 8.49. The first-order valence-corrected chi connectivity index (χ1v) is 11.0. The average Bonchev–Trinajstić information content (AvgIpc) is 3.03. The number of benzene rings is 1. The lowest BCUT2D eigenvalue weighted by Crippen LogP contribution is -2.52. The van der Waals surface area contributed by atoms with Gasteiger partial charge in [0.25, 0.3) is 0 Å². The number of nitrogens with zero attached hydrogens (tertiary/aromatic N) is 1. The van der Waals surface area contributed by atoms with E-state index in [2.05, 4.69) is 32.1 Å². The Hall–Kier alpha value is -2.29. The van der Waals surface area contributed by atoms with Gasteiger partial charge in [0.2, 0.25) is 0 Å². The minimum absolute atomic E-state index is 0.00779. The summed E-state index contributed by atoms with van der Waals surface area (Å²) in [5.41, 5.74) is 1.97. The number of Topliss-reactive ketones (excluding diaryl/α,β-unsaturated/α-hetero) is 1. The molecule has 0 aliphatic heterocycles. The summed E-state index contributed by atoms with van der Waals surface area (Å²) in [4.78, 5) is 30.0. The van der Waals surface area contributed by atoms with Gasteiger partial charge in [-0.1, -0.05) is 50.3 Å². The smallest absolute Gasteiger partial charge is 0.178 e. The lowest BCUT2D eigenvalue weighted by molar-refractivity contribution is -0.131. The van der Waals surface area contributed by atoms with E-state index in [9.17, 15) is 9.59 Å². The van der Waals surface area contributed by atoms with Crippen molar-refractivity contribution in [3.05, 3.63) is 59.7 Å². The quantitative estimate of drug-likeness (QED) is 0.673. The van der Waals surface area contributed by atoms with Crippen LogP contribution in [0.3, 0.4) is 0 Å². The van der Waals surface area contributed by atoms with Gasteiger partial charge in [-0.25, -0.2) is 0 Å². The van der Waals surface area contributed by atoms with Crippen LogP contribution >= 0.6 is 0 Å². The van der Waals surface area contributed by atoms with Crippen LogP contribution in [-0.4, -0.2) is 23.8 Å². The topological polar surface area (TPSA) is 46.5 Å². The van der Waals surface area contributed by atoms with Crippen molar-refractivity contribution in [2.75, 3.05) is 0 Å². The van der Waals surface area contributed by atoms with Crippen LogP contribution in [0.5, 0.6) is 0 Å². The van der Waals surface area contributed by atoms with Crippen molar-refractivity contribution in [3.8, 4) is 0 Å². The minimum Gasteiger partial charge on any atom is -0.299 e. The maximum atomic E-state index is 12.7. The third-order valence-electron chi connectivity index (χ3n) is 8.49. The van der Waals surface area contributed by atoms with Crippen LogP contribution in [0, 0.1) is 28.6 Å². The first-order chi connectivity index (χ1) is 13.9. The van der Waals surface area contributed by atoms with Crippen molar-refractivity contribution in [2.24, 2.45) is 33.6 Å². The second-order valence-corrected chi connectivity index (χ2v) is 9.85. The van der Waals surface area contributed by atoms with E-state index in [1.54, 1.807) is 6.08 Å². The van der Waals surface area contributed by atoms with Crippen molar-refractivity contribution < 1.29 is 9.59 Å². The van der Waals surface area contributed by atoms with Crippen LogP contribution in [-0.2, 0) is 9.59 Å². The monoisotopic (exact) mass is 387 g/mol. The molecule has 0 heterocycles. The zero-order valence-corrected chi connectivity index (χ0v) is 17.3. The SMILES string of the molecule is C[C@]12C=CC(=O)C=C1C(N=Cc1ccccc1)C[C@@H]1[C@@H]2CC[C@]2(C)C(=O)CC[C@@H]12. The largest absolute Gasteiger partial charge is 0.299 e. The molecule has 0 bridgehead atoms.